The Morgan fingerprint density at radius 1 is 1.59 bits per heavy atom. The van der Waals surface area contributed by atoms with E-state index in [1.165, 1.54) is 22.2 Å². The Bertz CT molecular complexity index is 347. The standard InChI is InChI=1S/C13H20BrNOS/c1-2-15-9-13(4-3-5-16-10-13)7-12-6-11(14)8-17-12/h6,8,15H,2-5,7,9-10H2,1H3. The van der Waals surface area contributed by atoms with Crippen LogP contribution in [0.5, 0.6) is 0 Å². The van der Waals surface area contributed by atoms with E-state index in [0.717, 1.165) is 32.7 Å². The van der Waals surface area contributed by atoms with Gasteiger partial charge in [-0.25, -0.2) is 0 Å². The molecule has 0 saturated carbocycles. The summed E-state index contributed by atoms with van der Waals surface area (Å²) in [7, 11) is 0. The zero-order chi connectivity index (χ0) is 12.1. The minimum Gasteiger partial charge on any atom is -0.381 e. The SMILES string of the molecule is CCNCC1(Cc2cc(Br)cs2)CCCOC1. The van der Waals surface area contributed by atoms with Crippen LogP contribution in [0.2, 0.25) is 0 Å². The summed E-state index contributed by atoms with van der Waals surface area (Å²) >= 11 is 5.38. The van der Waals surface area contributed by atoms with Gasteiger partial charge < -0.3 is 10.1 Å². The van der Waals surface area contributed by atoms with E-state index in [9.17, 15) is 0 Å². The summed E-state index contributed by atoms with van der Waals surface area (Å²) < 4.78 is 6.92. The molecule has 4 heteroatoms. The maximum Gasteiger partial charge on any atom is 0.0538 e. The molecule has 96 valence electrons. The number of ether oxygens (including phenoxy) is 1. The average molecular weight is 318 g/mol. The highest BCUT2D eigenvalue weighted by molar-refractivity contribution is 9.10. The van der Waals surface area contributed by atoms with Crippen LogP contribution in [0.3, 0.4) is 0 Å². The van der Waals surface area contributed by atoms with Crippen LogP contribution in [0.25, 0.3) is 0 Å². The molecule has 1 fully saturated rings. The van der Waals surface area contributed by atoms with E-state index in [4.69, 9.17) is 4.74 Å². The van der Waals surface area contributed by atoms with Crippen molar-refractivity contribution in [3.63, 3.8) is 0 Å². The Labute approximate surface area is 116 Å². The first-order chi connectivity index (χ1) is 8.24. The van der Waals surface area contributed by atoms with Crippen LogP contribution in [-0.2, 0) is 11.2 Å². The summed E-state index contributed by atoms with van der Waals surface area (Å²) in [6.45, 7) is 6.10. The molecule has 17 heavy (non-hydrogen) atoms. The van der Waals surface area contributed by atoms with Crippen molar-refractivity contribution < 1.29 is 4.74 Å². The number of hydrogen-bond donors (Lipinski definition) is 1. The number of rotatable bonds is 5. The maximum absolute atomic E-state index is 5.71. The second-order valence-electron chi connectivity index (χ2n) is 4.84. The molecule has 1 aliphatic rings. The van der Waals surface area contributed by atoms with Crippen LogP contribution in [0.1, 0.15) is 24.6 Å². The van der Waals surface area contributed by atoms with Crippen LogP contribution >= 0.6 is 27.3 Å². The second-order valence-corrected chi connectivity index (χ2v) is 6.76. The first-order valence-corrected chi connectivity index (χ1v) is 7.93. The van der Waals surface area contributed by atoms with Crippen molar-refractivity contribution in [2.45, 2.75) is 26.2 Å². The van der Waals surface area contributed by atoms with Crippen molar-refractivity contribution in [3.05, 3.63) is 20.8 Å². The van der Waals surface area contributed by atoms with E-state index < -0.39 is 0 Å². The van der Waals surface area contributed by atoms with Gasteiger partial charge in [-0.3, -0.25) is 0 Å². The van der Waals surface area contributed by atoms with Crippen LogP contribution in [0.15, 0.2) is 15.9 Å². The number of thiophene rings is 1. The maximum atomic E-state index is 5.71. The molecule has 2 heterocycles. The predicted octanol–water partition coefficient (Wildman–Crippen LogP) is 3.46. The van der Waals surface area contributed by atoms with Crippen molar-refractivity contribution in [1.82, 2.24) is 5.32 Å². The Morgan fingerprint density at radius 3 is 3.06 bits per heavy atom. The molecule has 1 saturated heterocycles. The van der Waals surface area contributed by atoms with E-state index in [2.05, 4.69) is 39.6 Å². The minimum absolute atomic E-state index is 0.304. The molecule has 1 aliphatic heterocycles. The van der Waals surface area contributed by atoms with Gasteiger partial charge in [0.25, 0.3) is 0 Å². The molecule has 1 unspecified atom stereocenters. The molecule has 1 aromatic rings. The molecule has 1 N–H and O–H groups in total. The van der Waals surface area contributed by atoms with E-state index >= 15 is 0 Å². The fourth-order valence-corrected chi connectivity index (χ4v) is 4.08. The number of halogens is 1. The van der Waals surface area contributed by atoms with Crippen molar-refractivity contribution >= 4 is 27.3 Å². The lowest BCUT2D eigenvalue weighted by molar-refractivity contribution is -0.00649. The van der Waals surface area contributed by atoms with Crippen LogP contribution in [0.4, 0.5) is 0 Å². The van der Waals surface area contributed by atoms with Crippen molar-refractivity contribution in [1.29, 1.82) is 0 Å². The molecular formula is C13H20BrNOS. The topological polar surface area (TPSA) is 21.3 Å². The number of hydrogen-bond acceptors (Lipinski definition) is 3. The lowest BCUT2D eigenvalue weighted by Gasteiger charge is -2.37. The summed E-state index contributed by atoms with van der Waals surface area (Å²) in [5.74, 6) is 0. The fraction of sp³-hybridized carbons (Fsp3) is 0.692. The molecule has 0 aromatic carbocycles. The smallest absolute Gasteiger partial charge is 0.0538 e. The Kier molecular flexibility index (Phi) is 5.03. The van der Waals surface area contributed by atoms with Gasteiger partial charge in [0.15, 0.2) is 0 Å². The minimum atomic E-state index is 0.304. The summed E-state index contributed by atoms with van der Waals surface area (Å²) in [5.41, 5.74) is 0.304. The van der Waals surface area contributed by atoms with Gasteiger partial charge in [0.1, 0.15) is 0 Å². The molecule has 0 radical (unpaired) electrons. The van der Waals surface area contributed by atoms with Gasteiger partial charge in [-0.2, -0.15) is 0 Å². The Morgan fingerprint density at radius 2 is 2.47 bits per heavy atom. The Hall–Kier alpha value is 0.1000. The summed E-state index contributed by atoms with van der Waals surface area (Å²) in [5, 5.41) is 5.67. The van der Waals surface area contributed by atoms with Gasteiger partial charge in [-0.1, -0.05) is 6.92 Å². The van der Waals surface area contributed by atoms with Crippen LogP contribution < -0.4 is 5.32 Å². The second kappa shape index (κ2) is 6.32. The van der Waals surface area contributed by atoms with Crippen molar-refractivity contribution in [3.8, 4) is 0 Å². The molecule has 0 aliphatic carbocycles. The molecule has 0 amide bonds. The predicted molar refractivity (Wildman–Crippen MR) is 76.8 cm³/mol. The van der Waals surface area contributed by atoms with Gasteiger partial charge >= 0.3 is 0 Å². The highest BCUT2D eigenvalue weighted by Crippen LogP contribution is 2.34. The molecule has 2 rings (SSSR count). The monoisotopic (exact) mass is 317 g/mol. The zero-order valence-corrected chi connectivity index (χ0v) is 12.7. The van der Waals surface area contributed by atoms with Gasteiger partial charge in [0.05, 0.1) is 6.61 Å². The highest BCUT2D eigenvalue weighted by Gasteiger charge is 2.33. The molecule has 1 atom stereocenters. The normalized spacial score (nSPS) is 25.1. The quantitative estimate of drug-likeness (QED) is 0.898. The largest absolute Gasteiger partial charge is 0.381 e. The first-order valence-electron chi connectivity index (χ1n) is 6.25. The van der Waals surface area contributed by atoms with Crippen molar-refractivity contribution in [2.24, 2.45) is 5.41 Å². The number of nitrogens with one attached hydrogen (secondary N) is 1. The van der Waals surface area contributed by atoms with Gasteiger partial charge in [0, 0.05) is 33.3 Å². The van der Waals surface area contributed by atoms with Crippen LogP contribution in [-0.4, -0.2) is 26.3 Å². The summed E-state index contributed by atoms with van der Waals surface area (Å²) in [6.07, 6.45) is 3.60. The third kappa shape index (κ3) is 3.78. The highest BCUT2D eigenvalue weighted by atomic mass is 79.9. The molecule has 2 nitrogen and oxygen atoms in total. The van der Waals surface area contributed by atoms with Crippen molar-refractivity contribution in [2.75, 3.05) is 26.3 Å². The van der Waals surface area contributed by atoms with Gasteiger partial charge in [-0.05, 0) is 47.8 Å². The van der Waals surface area contributed by atoms with Gasteiger partial charge in [-0.15, -0.1) is 11.3 Å². The van der Waals surface area contributed by atoms with E-state index in [-0.39, 0.29) is 0 Å². The average Bonchev–Trinajstić information content (AvgIpc) is 2.73. The third-order valence-corrected chi connectivity index (χ3v) is 5.02. The molecular weight excluding hydrogens is 298 g/mol. The van der Waals surface area contributed by atoms with E-state index in [0.29, 0.717) is 5.41 Å². The van der Waals surface area contributed by atoms with E-state index in [1.807, 2.05) is 11.3 Å². The zero-order valence-electron chi connectivity index (χ0n) is 10.3. The lowest BCUT2D eigenvalue weighted by atomic mass is 9.79. The molecule has 0 spiro atoms. The molecule has 0 bridgehead atoms. The fourth-order valence-electron chi connectivity index (χ4n) is 2.46. The lowest BCUT2D eigenvalue weighted by Crippen LogP contribution is -2.42. The van der Waals surface area contributed by atoms with E-state index in [1.54, 1.807) is 0 Å². The third-order valence-electron chi connectivity index (χ3n) is 3.33. The summed E-state index contributed by atoms with van der Waals surface area (Å²) in [4.78, 5) is 1.46. The molecule has 1 aromatic heterocycles. The first kappa shape index (κ1) is 13.5. The summed E-state index contributed by atoms with van der Waals surface area (Å²) in [6, 6.07) is 2.24. The Balaban J connectivity index is 2.03. The van der Waals surface area contributed by atoms with Gasteiger partial charge in [0.2, 0.25) is 0 Å². The van der Waals surface area contributed by atoms with Crippen LogP contribution in [0, 0.1) is 5.41 Å².